The number of aromatic carboxylic acids is 1. The molecule has 3 N–H and O–H groups in total. The predicted molar refractivity (Wildman–Crippen MR) is 72.0 cm³/mol. The lowest BCUT2D eigenvalue weighted by atomic mass is 10.1. The topological polar surface area (TPSA) is 104 Å². The molecule has 1 aromatic rings. The van der Waals surface area contributed by atoms with Crippen molar-refractivity contribution in [2.45, 2.75) is 31.0 Å². The van der Waals surface area contributed by atoms with E-state index in [1.165, 1.54) is 6.07 Å². The van der Waals surface area contributed by atoms with E-state index in [0.717, 1.165) is 0 Å². The molecule has 108 valence electrons. The van der Waals surface area contributed by atoms with Crippen molar-refractivity contribution in [3.63, 3.8) is 0 Å². The molecule has 19 heavy (non-hydrogen) atoms. The van der Waals surface area contributed by atoms with Crippen LogP contribution in [0.5, 0.6) is 0 Å². The first kappa shape index (κ1) is 16.1. The van der Waals surface area contributed by atoms with Crippen molar-refractivity contribution >= 4 is 27.3 Å². The van der Waals surface area contributed by atoms with Gasteiger partial charge in [0.05, 0.1) is 6.61 Å². The van der Waals surface area contributed by atoms with E-state index >= 15 is 0 Å². The molecular formula is C11H17NO5S2. The highest BCUT2D eigenvalue weighted by molar-refractivity contribution is 7.91. The third-order valence-electron chi connectivity index (χ3n) is 2.66. The molecular weight excluding hydrogens is 290 g/mol. The molecule has 0 radical (unpaired) electrons. The van der Waals surface area contributed by atoms with E-state index < -0.39 is 22.0 Å². The second-order valence-corrected chi connectivity index (χ2v) is 7.53. The smallest absolute Gasteiger partial charge is 0.346 e. The van der Waals surface area contributed by atoms with E-state index in [4.69, 9.17) is 10.2 Å². The van der Waals surface area contributed by atoms with Gasteiger partial charge in [0.15, 0.2) is 0 Å². The monoisotopic (exact) mass is 307 g/mol. The van der Waals surface area contributed by atoms with Gasteiger partial charge in [-0.3, -0.25) is 0 Å². The van der Waals surface area contributed by atoms with Crippen molar-refractivity contribution in [3.05, 3.63) is 16.5 Å². The Balaban J connectivity index is 3.07. The van der Waals surface area contributed by atoms with Crippen molar-refractivity contribution in [3.8, 4) is 0 Å². The first-order valence-electron chi connectivity index (χ1n) is 5.66. The summed E-state index contributed by atoms with van der Waals surface area (Å²) in [5.74, 6) is -1.22. The summed E-state index contributed by atoms with van der Waals surface area (Å²) in [5.41, 5.74) is 0.406. The fourth-order valence-corrected chi connectivity index (χ4v) is 4.21. The van der Waals surface area contributed by atoms with Gasteiger partial charge in [-0.2, -0.15) is 0 Å². The average Bonchev–Trinajstić information content (AvgIpc) is 2.68. The van der Waals surface area contributed by atoms with Gasteiger partial charge in [0.2, 0.25) is 10.0 Å². The summed E-state index contributed by atoms with van der Waals surface area (Å²) < 4.78 is 26.5. The standard InChI is InChI=1S/C11H17NO5S2/c1-6(2)8(5-13)12-19(16,17)9-4-7(3)10(18-9)11(14)15/h4,6,8,12-13H,5H2,1-3H3,(H,14,15). The molecule has 0 spiro atoms. The second kappa shape index (κ2) is 6.00. The SMILES string of the molecule is Cc1cc(S(=O)(=O)NC(CO)C(C)C)sc1C(=O)O. The molecule has 1 atom stereocenters. The Morgan fingerprint density at radius 1 is 1.47 bits per heavy atom. The maximum Gasteiger partial charge on any atom is 0.346 e. The highest BCUT2D eigenvalue weighted by atomic mass is 32.2. The Bertz CT molecular complexity index is 562. The molecule has 0 aliphatic rings. The van der Waals surface area contributed by atoms with Crippen LogP contribution in [0.4, 0.5) is 0 Å². The molecule has 6 nitrogen and oxygen atoms in total. The molecule has 0 saturated carbocycles. The first-order chi connectivity index (χ1) is 8.69. The lowest BCUT2D eigenvalue weighted by molar-refractivity contribution is 0.0701. The van der Waals surface area contributed by atoms with Gasteiger partial charge in [-0.1, -0.05) is 13.8 Å². The van der Waals surface area contributed by atoms with Crippen molar-refractivity contribution in [1.82, 2.24) is 4.72 Å². The number of sulfonamides is 1. The molecule has 0 saturated heterocycles. The first-order valence-corrected chi connectivity index (χ1v) is 7.96. The molecule has 1 aromatic heterocycles. The molecule has 0 amide bonds. The molecule has 0 fully saturated rings. The van der Waals surface area contributed by atoms with Crippen LogP contribution < -0.4 is 4.72 Å². The normalized spacial score (nSPS) is 13.7. The largest absolute Gasteiger partial charge is 0.477 e. The molecule has 1 unspecified atom stereocenters. The molecule has 0 aliphatic carbocycles. The molecule has 0 aromatic carbocycles. The molecule has 0 bridgehead atoms. The number of hydrogen-bond donors (Lipinski definition) is 3. The van der Waals surface area contributed by atoms with E-state index in [1.54, 1.807) is 20.8 Å². The summed E-state index contributed by atoms with van der Waals surface area (Å²) in [5, 5.41) is 18.1. The highest BCUT2D eigenvalue weighted by Gasteiger charge is 2.25. The van der Waals surface area contributed by atoms with Gasteiger partial charge in [0.1, 0.15) is 9.09 Å². The third kappa shape index (κ3) is 3.75. The summed E-state index contributed by atoms with van der Waals surface area (Å²) in [6.45, 7) is 4.80. The van der Waals surface area contributed by atoms with Gasteiger partial charge >= 0.3 is 5.97 Å². The second-order valence-electron chi connectivity index (χ2n) is 4.54. The van der Waals surface area contributed by atoms with Crippen LogP contribution in [0.3, 0.4) is 0 Å². The molecule has 0 aliphatic heterocycles. The fourth-order valence-electron chi connectivity index (χ4n) is 1.44. The van der Waals surface area contributed by atoms with E-state index in [1.807, 2.05) is 0 Å². The van der Waals surface area contributed by atoms with Crippen LogP contribution in [0.1, 0.15) is 29.1 Å². The number of rotatable bonds is 6. The van der Waals surface area contributed by atoms with Gasteiger partial charge in [0, 0.05) is 6.04 Å². The maximum atomic E-state index is 12.1. The lowest BCUT2D eigenvalue weighted by Gasteiger charge is -2.19. The highest BCUT2D eigenvalue weighted by Crippen LogP contribution is 2.26. The summed E-state index contributed by atoms with van der Waals surface area (Å²) in [7, 11) is -3.81. The van der Waals surface area contributed by atoms with Crippen LogP contribution in [-0.4, -0.2) is 37.2 Å². The van der Waals surface area contributed by atoms with Crippen LogP contribution in [0.25, 0.3) is 0 Å². The number of carboxylic acids is 1. The number of nitrogens with one attached hydrogen (secondary N) is 1. The maximum absolute atomic E-state index is 12.1. The minimum atomic E-state index is -3.81. The number of hydrogen-bond acceptors (Lipinski definition) is 5. The lowest BCUT2D eigenvalue weighted by Crippen LogP contribution is -2.40. The van der Waals surface area contributed by atoms with Crippen LogP contribution in [0, 0.1) is 12.8 Å². The quantitative estimate of drug-likeness (QED) is 0.729. The zero-order chi connectivity index (χ0) is 14.8. The number of aliphatic hydroxyl groups is 1. The van der Waals surface area contributed by atoms with Gasteiger partial charge in [-0.05, 0) is 24.5 Å². The van der Waals surface area contributed by atoms with Gasteiger partial charge in [-0.15, -0.1) is 11.3 Å². The molecule has 8 heteroatoms. The zero-order valence-electron chi connectivity index (χ0n) is 10.9. The fraction of sp³-hybridized carbons (Fsp3) is 0.545. The average molecular weight is 307 g/mol. The van der Waals surface area contributed by atoms with Crippen LogP contribution >= 0.6 is 11.3 Å². The Labute approximate surface area is 116 Å². The van der Waals surface area contributed by atoms with Crippen molar-refractivity contribution in [1.29, 1.82) is 0 Å². The minimum absolute atomic E-state index is 0.00507. The molecule has 1 heterocycles. The van der Waals surface area contributed by atoms with Gasteiger partial charge < -0.3 is 10.2 Å². The van der Waals surface area contributed by atoms with Crippen LogP contribution in [0.15, 0.2) is 10.3 Å². The van der Waals surface area contributed by atoms with Gasteiger partial charge in [0.25, 0.3) is 0 Å². The number of thiophene rings is 1. The number of aliphatic hydroxyl groups excluding tert-OH is 1. The van der Waals surface area contributed by atoms with E-state index in [9.17, 15) is 13.2 Å². The minimum Gasteiger partial charge on any atom is -0.477 e. The Hall–Kier alpha value is -0.960. The number of aryl methyl sites for hydroxylation is 1. The van der Waals surface area contributed by atoms with Crippen molar-refractivity contribution in [2.24, 2.45) is 5.92 Å². The van der Waals surface area contributed by atoms with Crippen molar-refractivity contribution in [2.75, 3.05) is 6.61 Å². The Morgan fingerprint density at radius 3 is 2.42 bits per heavy atom. The number of carboxylic acid groups (broad SMARTS) is 1. The Morgan fingerprint density at radius 2 is 2.05 bits per heavy atom. The predicted octanol–water partition coefficient (Wildman–Crippen LogP) is 1.05. The summed E-state index contributed by atoms with van der Waals surface area (Å²) in [6.07, 6.45) is 0. The van der Waals surface area contributed by atoms with E-state index in [-0.39, 0.29) is 21.6 Å². The third-order valence-corrected chi connectivity index (χ3v) is 5.85. The molecule has 1 rings (SSSR count). The van der Waals surface area contributed by atoms with Crippen LogP contribution in [0.2, 0.25) is 0 Å². The zero-order valence-corrected chi connectivity index (χ0v) is 12.5. The van der Waals surface area contributed by atoms with E-state index in [2.05, 4.69) is 4.72 Å². The summed E-state index contributed by atoms with van der Waals surface area (Å²) in [6, 6.07) is 0.728. The van der Waals surface area contributed by atoms with E-state index in [0.29, 0.717) is 16.9 Å². The summed E-state index contributed by atoms with van der Waals surface area (Å²) in [4.78, 5) is 10.9. The van der Waals surface area contributed by atoms with Gasteiger partial charge in [-0.25, -0.2) is 17.9 Å². The van der Waals surface area contributed by atoms with Crippen molar-refractivity contribution < 1.29 is 23.4 Å². The van der Waals surface area contributed by atoms with Crippen LogP contribution in [-0.2, 0) is 10.0 Å². The summed E-state index contributed by atoms with van der Waals surface area (Å²) >= 11 is 0.707. The number of carbonyl (C=O) groups is 1. The Kier molecular flexibility index (Phi) is 5.08.